The van der Waals surface area contributed by atoms with Crippen molar-refractivity contribution in [2.75, 3.05) is 0 Å². The lowest BCUT2D eigenvalue weighted by Gasteiger charge is -2.05. The molecule has 0 atom stereocenters. The number of benzene rings is 1. The highest BCUT2D eigenvalue weighted by atomic mass is 19.3. The van der Waals surface area contributed by atoms with Crippen molar-refractivity contribution < 1.29 is 8.78 Å². The molecule has 0 bridgehead atoms. The monoisotopic (exact) mass is 237 g/mol. The van der Waals surface area contributed by atoms with Gasteiger partial charge in [0.25, 0.3) is 0 Å². The van der Waals surface area contributed by atoms with E-state index in [0.717, 1.165) is 16.7 Å². The molecule has 0 aliphatic carbocycles. The van der Waals surface area contributed by atoms with Gasteiger partial charge in [-0.2, -0.15) is 13.9 Å². The lowest BCUT2D eigenvalue weighted by molar-refractivity contribution is 0.0566. The maximum absolute atomic E-state index is 12.4. The third-order valence-electron chi connectivity index (χ3n) is 2.64. The number of halogens is 2. The molecule has 2 aromatic rings. The summed E-state index contributed by atoms with van der Waals surface area (Å²) in [6, 6.07) is 5.72. The fourth-order valence-corrected chi connectivity index (χ4v) is 1.76. The normalized spacial score (nSPS) is 11.1. The molecule has 1 heterocycles. The molecule has 0 amide bonds. The van der Waals surface area contributed by atoms with Crippen molar-refractivity contribution >= 4 is 0 Å². The summed E-state index contributed by atoms with van der Waals surface area (Å²) in [7, 11) is 0. The summed E-state index contributed by atoms with van der Waals surface area (Å²) in [5.74, 6) is 0. The number of hydrogen-bond acceptors (Lipinski definition) is 2. The van der Waals surface area contributed by atoms with Crippen molar-refractivity contribution in [3.63, 3.8) is 0 Å². The molecule has 1 aromatic carbocycles. The Morgan fingerprint density at radius 1 is 1.41 bits per heavy atom. The van der Waals surface area contributed by atoms with Crippen LogP contribution in [0.25, 0.3) is 11.1 Å². The first-order chi connectivity index (χ1) is 8.11. The van der Waals surface area contributed by atoms with Crippen LogP contribution in [0.5, 0.6) is 0 Å². The second-order valence-electron chi connectivity index (χ2n) is 3.84. The predicted octanol–water partition coefficient (Wildman–Crippen LogP) is 2.71. The van der Waals surface area contributed by atoms with Crippen molar-refractivity contribution in [3.8, 4) is 11.1 Å². The zero-order valence-corrected chi connectivity index (χ0v) is 9.40. The lowest BCUT2D eigenvalue weighted by atomic mass is 10.0. The molecule has 0 saturated heterocycles. The molecule has 0 unspecified atom stereocenters. The Balaban J connectivity index is 2.38. The smallest absolute Gasteiger partial charge is 0.326 e. The van der Waals surface area contributed by atoms with E-state index in [1.54, 1.807) is 0 Å². The highest BCUT2D eigenvalue weighted by molar-refractivity contribution is 5.66. The van der Waals surface area contributed by atoms with Crippen LogP contribution in [0, 0.1) is 6.92 Å². The Hall–Kier alpha value is -1.75. The largest absolute Gasteiger partial charge is 0.333 e. The van der Waals surface area contributed by atoms with Crippen LogP contribution in [0.2, 0.25) is 0 Å². The van der Waals surface area contributed by atoms with E-state index in [2.05, 4.69) is 5.10 Å². The Bertz CT molecular complexity index is 520. The molecular weight excluding hydrogens is 224 g/mol. The summed E-state index contributed by atoms with van der Waals surface area (Å²) in [6.07, 6.45) is 2.78. The van der Waals surface area contributed by atoms with Gasteiger partial charge in [0.05, 0.1) is 6.20 Å². The van der Waals surface area contributed by atoms with Gasteiger partial charge in [0, 0.05) is 18.3 Å². The van der Waals surface area contributed by atoms with E-state index in [1.807, 2.05) is 25.1 Å². The molecule has 0 aliphatic rings. The number of hydrogen-bond donors (Lipinski definition) is 1. The predicted molar refractivity (Wildman–Crippen MR) is 61.5 cm³/mol. The number of rotatable bonds is 3. The lowest BCUT2D eigenvalue weighted by Crippen LogP contribution is -1.97. The SMILES string of the molecule is Cc1cc(CN)ccc1-c1cnn(C(F)F)c1. The summed E-state index contributed by atoms with van der Waals surface area (Å²) >= 11 is 0. The Kier molecular flexibility index (Phi) is 3.19. The number of aromatic nitrogens is 2. The first kappa shape index (κ1) is 11.7. The van der Waals surface area contributed by atoms with Crippen molar-refractivity contribution in [2.45, 2.75) is 20.0 Å². The minimum Gasteiger partial charge on any atom is -0.326 e. The zero-order chi connectivity index (χ0) is 12.4. The minimum absolute atomic E-state index is 0.470. The molecule has 0 spiro atoms. The van der Waals surface area contributed by atoms with Crippen LogP contribution in [-0.2, 0) is 6.54 Å². The van der Waals surface area contributed by atoms with Gasteiger partial charge in [-0.15, -0.1) is 0 Å². The highest BCUT2D eigenvalue weighted by Crippen LogP contribution is 2.25. The quantitative estimate of drug-likeness (QED) is 0.892. The fraction of sp³-hybridized carbons (Fsp3) is 0.250. The third-order valence-corrected chi connectivity index (χ3v) is 2.64. The maximum Gasteiger partial charge on any atom is 0.333 e. The van der Waals surface area contributed by atoms with Crippen molar-refractivity contribution in [2.24, 2.45) is 5.73 Å². The van der Waals surface area contributed by atoms with E-state index in [9.17, 15) is 8.78 Å². The molecule has 5 heteroatoms. The van der Waals surface area contributed by atoms with E-state index in [4.69, 9.17) is 5.73 Å². The molecule has 3 nitrogen and oxygen atoms in total. The van der Waals surface area contributed by atoms with Gasteiger partial charge in [-0.25, -0.2) is 4.68 Å². The van der Waals surface area contributed by atoms with E-state index >= 15 is 0 Å². The standard InChI is InChI=1S/C12H13F2N3/c1-8-4-9(5-15)2-3-11(8)10-6-16-17(7-10)12(13)14/h2-4,6-7,12H,5,15H2,1H3. The van der Waals surface area contributed by atoms with Gasteiger partial charge in [0.15, 0.2) is 0 Å². The number of aryl methyl sites for hydroxylation is 1. The van der Waals surface area contributed by atoms with Gasteiger partial charge in [-0.3, -0.25) is 0 Å². The van der Waals surface area contributed by atoms with Crippen LogP contribution in [0.3, 0.4) is 0 Å². The van der Waals surface area contributed by atoms with Crippen molar-refractivity contribution in [1.29, 1.82) is 0 Å². The van der Waals surface area contributed by atoms with Crippen LogP contribution in [0.15, 0.2) is 30.6 Å². The molecule has 0 fully saturated rings. The van der Waals surface area contributed by atoms with Gasteiger partial charge in [-0.1, -0.05) is 18.2 Å². The molecule has 0 radical (unpaired) electrons. The van der Waals surface area contributed by atoms with Gasteiger partial charge in [0.1, 0.15) is 0 Å². The fourth-order valence-electron chi connectivity index (χ4n) is 1.76. The summed E-state index contributed by atoms with van der Waals surface area (Å²) in [5, 5.41) is 3.62. The highest BCUT2D eigenvalue weighted by Gasteiger charge is 2.10. The van der Waals surface area contributed by atoms with Crippen molar-refractivity contribution in [1.82, 2.24) is 9.78 Å². The first-order valence-corrected chi connectivity index (χ1v) is 5.24. The van der Waals surface area contributed by atoms with Crippen LogP contribution >= 0.6 is 0 Å². The topological polar surface area (TPSA) is 43.8 Å². The van der Waals surface area contributed by atoms with E-state index in [-0.39, 0.29) is 0 Å². The van der Waals surface area contributed by atoms with E-state index in [0.29, 0.717) is 16.8 Å². The average molecular weight is 237 g/mol. The Morgan fingerprint density at radius 3 is 2.71 bits per heavy atom. The number of nitrogens with zero attached hydrogens (tertiary/aromatic N) is 2. The van der Waals surface area contributed by atoms with Crippen LogP contribution in [0.1, 0.15) is 17.7 Å². The second-order valence-corrected chi connectivity index (χ2v) is 3.84. The summed E-state index contributed by atoms with van der Waals surface area (Å²) < 4.78 is 25.4. The third kappa shape index (κ3) is 2.34. The van der Waals surface area contributed by atoms with E-state index in [1.165, 1.54) is 12.4 Å². The Morgan fingerprint density at radius 2 is 2.18 bits per heavy atom. The summed E-state index contributed by atoms with van der Waals surface area (Å²) in [5.41, 5.74) is 9.14. The first-order valence-electron chi connectivity index (χ1n) is 5.24. The van der Waals surface area contributed by atoms with E-state index < -0.39 is 6.55 Å². The van der Waals surface area contributed by atoms with Gasteiger partial charge in [-0.05, 0) is 23.6 Å². The molecule has 90 valence electrons. The van der Waals surface area contributed by atoms with Crippen LogP contribution in [0.4, 0.5) is 8.78 Å². The molecule has 0 aliphatic heterocycles. The van der Waals surface area contributed by atoms with Gasteiger partial charge < -0.3 is 5.73 Å². The number of nitrogens with two attached hydrogens (primary N) is 1. The number of alkyl halides is 2. The molecule has 2 rings (SSSR count). The van der Waals surface area contributed by atoms with Gasteiger partial charge in [0.2, 0.25) is 0 Å². The Labute approximate surface area is 97.9 Å². The molecule has 1 aromatic heterocycles. The van der Waals surface area contributed by atoms with Crippen LogP contribution < -0.4 is 5.73 Å². The average Bonchev–Trinajstić information content (AvgIpc) is 2.78. The molecule has 2 N–H and O–H groups in total. The van der Waals surface area contributed by atoms with Crippen LogP contribution in [-0.4, -0.2) is 9.78 Å². The maximum atomic E-state index is 12.4. The minimum atomic E-state index is -2.60. The molecule has 0 saturated carbocycles. The summed E-state index contributed by atoms with van der Waals surface area (Å²) in [6.45, 7) is -0.210. The zero-order valence-electron chi connectivity index (χ0n) is 9.40. The van der Waals surface area contributed by atoms with Gasteiger partial charge >= 0.3 is 6.55 Å². The second kappa shape index (κ2) is 4.63. The van der Waals surface area contributed by atoms with Crippen molar-refractivity contribution in [3.05, 3.63) is 41.7 Å². The molecular formula is C12H13F2N3. The summed E-state index contributed by atoms with van der Waals surface area (Å²) in [4.78, 5) is 0. The molecule has 17 heavy (non-hydrogen) atoms.